The van der Waals surface area contributed by atoms with Crippen molar-refractivity contribution < 1.29 is 4.52 Å². The molecule has 26 heavy (non-hydrogen) atoms. The predicted octanol–water partition coefficient (Wildman–Crippen LogP) is 4.57. The van der Waals surface area contributed by atoms with E-state index in [1.807, 2.05) is 13.8 Å². The van der Waals surface area contributed by atoms with Crippen LogP contribution in [-0.4, -0.2) is 42.7 Å². The van der Waals surface area contributed by atoms with E-state index in [0.717, 1.165) is 61.7 Å². The molecular weight excluding hydrogens is 439 g/mol. The van der Waals surface area contributed by atoms with Gasteiger partial charge in [-0.15, -0.1) is 24.0 Å². The number of nitrogens with zero attached hydrogens (tertiary/aromatic N) is 3. The lowest BCUT2D eigenvalue weighted by Gasteiger charge is -2.31. The highest BCUT2D eigenvalue weighted by molar-refractivity contribution is 14.0. The minimum Gasteiger partial charge on any atom is -0.361 e. The fraction of sp³-hybridized carbons (Fsp3) is 0.800. The Hall–Kier alpha value is -0.790. The number of guanidine groups is 1. The monoisotopic (exact) mass is 476 g/mol. The number of hydrogen-bond acceptors (Lipinski definition) is 3. The lowest BCUT2D eigenvalue weighted by molar-refractivity contribution is 0.250. The van der Waals surface area contributed by atoms with Crippen LogP contribution in [0.15, 0.2) is 9.52 Å². The standard InChI is InChI=1S/C20H36N4O.HI/c1-6-21-20(24(5)14-18-11-9-15(2)10-12-18)22-13-7-8-19-16(3)23-25-17(19)4;/h15,18H,6-14H2,1-5H3,(H,21,22);1H. The lowest BCUT2D eigenvalue weighted by atomic mass is 9.83. The highest BCUT2D eigenvalue weighted by Crippen LogP contribution is 2.28. The van der Waals surface area contributed by atoms with Crippen LogP contribution < -0.4 is 5.32 Å². The van der Waals surface area contributed by atoms with Gasteiger partial charge in [0.05, 0.1) is 5.69 Å². The maximum atomic E-state index is 5.24. The van der Waals surface area contributed by atoms with Crippen molar-refractivity contribution in [2.24, 2.45) is 16.8 Å². The van der Waals surface area contributed by atoms with E-state index < -0.39 is 0 Å². The summed E-state index contributed by atoms with van der Waals surface area (Å²) in [7, 11) is 2.17. The van der Waals surface area contributed by atoms with Crippen LogP contribution in [0.5, 0.6) is 0 Å². The molecule has 0 spiro atoms. The molecule has 0 radical (unpaired) electrons. The minimum absolute atomic E-state index is 0. The van der Waals surface area contributed by atoms with Gasteiger partial charge in [0.15, 0.2) is 5.96 Å². The number of halogens is 1. The van der Waals surface area contributed by atoms with Crippen molar-refractivity contribution in [3.8, 4) is 0 Å². The molecule has 1 heterocycles. The van der Waals surface area contributed by atoms with Gasteiger partial charge in [0.2, 0.25) is 0 Å². The molecule has 5 nitrogen and oxygen atoms in total. The van der Waals surface area contributed by atoms with E-state index in [1.54, 1.807) is 0 Å². The summed E-state index contributed by atoms with van der Waals surface area (Å²) in [6, 6.07) is 0. The Morgan fingerprint density at radius 2 is 1.96 bits per heavy atom. The zero-order chi connectivity index (χ0) is 18.2. The number of rotatable bonds is 7. The molecule has 0 aromatic carbocycles. The Morgan fingerprint density at radius 3 is 2.54 bits per heavy atom. The Bertz CT molecular complexity index is 531. The quantitative estimate of drug-likeness (QED) is 0.271. The number of hydrogen-bond donors (Lipinski definition) is 1. The lowest BCUT2D eigenvalue weighted by Crippen LogP contribution is -2.42. The van der Waals surface area contributed by atoms with Crippen LogP contribution in [0.3, 0.4) is 0 Å². The van der Waals surface area contributed by atoms with Crippen molar-refractivity contribution in [2.75, 3.05) is 26.7 Å². The number of aliphatic imine (C=N–C) groups is 1. The van der Waals surface area contributed by atoms with Crippen LogP contribution in [0.2, 0.25) is 0 Å². The molecule has 0 aliphatic heterocycles. The maximum absolute atomic E-state index is 5.24. The van der Waals surface area contributed by atoms with E-state index in [-0.39, 0.29) is 24.0 Å². The third-order valence-corrected chi connectivity index (χ3v) is 5.39. The Balaban J connectivity index is 0.00000338. The van der Waals surface area contributed by atoms with E-state index in [0.29, 0.717) is 0 Å². The van der Waals surface area contributed by atoms with Crippen LogP contribution in [0, 0.1) is 25.7 Å². The first-order valence-corrected chi connectivity index (χ1v) is 9.92. The van der Waals surface area contributed by atoms with Gasteiger partial charge in [-0.1, -0.05) is 24.9 Å². The molecule has 1 N–H and O–H groups in total. The van der Waals surface area contributed by atoms with E-state index in [1.165, 1.54) is 31.2 Å². The van der Waals surface area contributed by atoms with Crippen molar-refractivity contribution in [3.63, 3.8) is 0 Å². The third-order valence-electron chi connectivity index (χ3n) is 5.39. The van der Waals surface area contributed by atoms with Crippen LogP contribution in [0.4, 0.5) is 0 Å². The maximum Gasteiger partial charge on any atom is 0.193 e. The summed E-state index contributed by atoms with van der Waals surface area (Å²) in [5.41, 5.74) is 2.25. The third kappa shape index (κ3) is 7.08. The van der Waals surface area contributed by atoms with Gasteiger partial charge in [-0.25, -0.2) is 0 Å². The molecule has 0 saturated heterocycles. The molecule has 1 aromatic rings. The molecule has 0 amide bonds. The summed E-state index contributed by atoms with van der Waals surface area (Å²) in [4.78, 5) is 7.15. The SMILES string of the molecule is CCNC(=NCCCc1c(C)noc1C)N(C)CC1CCC(C)CC1.I. The van der Waals surface area contributed by atoms with Gasteiger partial charge in [-0.2, -0.15) is 0 Å². The number of nitrogens with one attached hydrogen (secondary N) is 1. The first kappa shape index (κ1) is 23.2. The number of aryl methyl sites for hydroxylation is 2. The molecule has 0 unspecified atom stereocenters. The van der Waals surface area contributed by atoms with Crippen molar-refractivity contribution in [1.82, 2.24) is 15.4 Å². The largest absolute Gasteiger partial charge is 0.361 e. The zero-order valence-corrected chi connectivity index (χ0v) is 19.5. The van der Waals surface area contributed by atoms with Crippen molar-refractivity contribution in [3.05, 3.63) is 17.0 Å². The van der Waals surface area contributed by atoms with Gasteiger partial charge >= 0.3 is 0 Å². The summed E-state index contributed by atoms with van der Waals surface area (Å²) in [5.74, 6) is 3.71. The summed E-state index contributed by atoms with van der Waals surface area (Å²) >= 11 is 0. The second kappa shape index (κ2) is 11.8. The normalized spacial score (nSPS) is 20.6. The highest BCUT2D eigenvalue weighted by atomic mass is 127. The van der Waals surface area contributed by atoms with Crippen LogP contribution in [0.25, 0.3) is 0 Å². The van der Waals surface area contributed by atoms with Crippen LogP contribution >= 0.6 is 24.0 Å². The molecule has 1 aliphatic carbocycles. The summed E-state index contributed by atoms with van der Waals surface area (Å²) in [5, 5.41) is 7.47. The molecule has 0 atom stereocenters. The molecular formula is C20H37IN4O. The summed E-state index contributed by atoms with van der Waals surface area (Å²) in [6.45, 7) is 11.4. The molecule has 2 rings (SSSR count). The van der Waals surface area contributed by atoms with Gasteiger partial charge < -0.3 is 14.7 Å². The zero-order valence-electron chi connectivity index (χ0n) is 17.2. The van der Waals surface area contributed by atoms with Gasteiger partial charge in [0.25, 0.3) is 0 Å². The smallest absolute Gasteiger partial charge is 0.193 e. The first-order valence-electron chi connectivity index (χ1n) is 9.92. The van der Waals surface area contributed by atoms with Gasteiger partial charge in [0, 0.05) is 32.2 Å². The summed E-state index contributed by atoms with van der Waals surface area (Å²) < 4.78 is 5.24. The summed E-state index contributed by atoms with van der Waals surface area (Å²) in [6.07, 6.45) is 7.47. The van der Waals surface area contributed by atoms with E-state index in [9.17, 15) is 0 Å². The Morgan fingerprint density at radius 1 is 1.27 bits per heavy atom. The highest BCUT2D eigenvalue weighted by Gasteiger charge is 2.20. The van der Waals surface area contributed by atoms with Gasteiger partial charge in [0.1, 0.15) is 5.76 Å². The molecule has 1 saturated carbocycles. The van der Waals surface area contributed by atoms with Gasteiger partial charge in [-0.05, 0) is 58.3 Å². The number of aromatic nitrogens is 1. The topological polar surface area (TPSA) is 53.7 Å². The van der Waals surface area contributed by atoms with E-state index in [4.69, 9.17) is 9.52 Å². The fourth-order valence-corrected chi connectivity index (χ4v) is 3.75. The van der Waals surface area contributed by atoms with Crippen molar-refractivity contribution in [1.29, 1.82) is 0 Å². The predicted molar refractivity (Wildman–Crippen MR) is 119 cm³/mol. The molecule has 0 bridgehead atoms. The average Bonchev–Trinajstić information content (AvgIpc) is 2.91. The van der Waals surface area contributed by atoms with Crippen LogP contribution in [0.1, 0.15) is 63.0 Å². The molecule has 150 valence electrons. The van der Waals surface area contributed by atoms with Crippen LogP contribution in [-0.2, 0) is 6.42 Å². The first-order chi connectivity index (χ1) is 12.0. The fourth-order valence-electron chi connectivity index (χ4n) is 3.75. The van der Waals surface area contributed by atoms with Gasteiger partial charge in [-0.3, -0.25) is 4.99 Å². The van der Waals surface area contributed by atoms with E-state index >= 15 is 0 Å². The van der Waals surface area contributed by atoms with Crippen molar-refractivity contribution >= 4 is 29.9 Å². The second-order valence-electron chi connectivity index (χ2n) is 7.65. The second-order valence-corrected chi connectivity index (χ2v) is 7.65. The average molecular weight is 476 g/mol. The van der Waals surface area contributed by atoms with E-state index in [2.05, 4.69) is 36.3 Å². The van der Waals surface area contributed by atoms with Crippen molar-refractivity contribution in [2.45, 2.75) is 66.2 Å². The Labute approximate surface area is 176 Å². The molecule has 1 fully saturated rings. The minimum atomic E-state index is 0. The molecule has 1 aromatic heterocycles. The Kier molecular flexibility index (Phi) is 10.6. The molecule has 1 aliphatic rings. The molecule has 6 heteroatoms.